The van der Waals surface area contributed by atoms with E-state index in [2.05, 4.69) is 5.32 Å². The van der Waals surface area contributed by atoms with Crippen LogP contribution in [-0.2, 0) is 4.79 Å². The molecule has 1 amide bonds. The van der Waals surface area contributed by atoms with E-state index in [1.54, 1.807) is 0 Å². The zero-order valence-corrected chi connectivity index (χ0v) is 14.7. The predicted molar refractivity (Wildman–Crippen MR) is 97.2 cm³/mol. The van der Waals surface area contributed by atoms with Gasteiger partial charge in [-0.3, -0.25) is 4.79 Å². The van der Waals surface area contributed by atoms with E-state index in [9.17, 15) is 4.79 Å². The van der Waals surface area contributed by atoms with Crippen molar-refractivity contribution in [3.05, 3.63) is 48.0 Å². The summed E-state index contributed by atoms with van der Waals surface area (Å²) in [6, 6.07) is 13.6. The lowest BCUT2D eigenvalue weighted by Gasteiger charge is -2.14. The molecule has 1 atom stereocenters. The molecule has 126 valence electrons. The van der Waals surface area contributed by atoms with Gasteiger partial charge in [-0.15, -0.1) is 11.8 Å². The number of fused-ring (bicyclic) bond motifs is 1. The lowest BCUT2D eigenvalue weighted by atomic mass is 10.2. The normalized spacial score (nSPS) is 14.6. The molecule has 0 saturated carbocycles. The Bertz CT molecular complexity index is 715. The highest BCUT2D eigenvalue weighted by Crippen LogP contribution is 2.35. The third-order valence-electron chi connectivity index (χ3n) is 3.72. The number of carbonyl (C=O) groups excluding carboxylic acids is 1. The van der Waals surface area contributed by atoms with Gasteiger partial charge in [-0.05, 0) is 44.2 Å². The van der Waals surface area contributed by atoms with Gasteiger partial charge in [0.1, 0.15) is 0 Å². The Balaban J connectivity index is 1.63. The average Bonchev–Trinajstić information content (AvgIpc) is 2.81. The Morgan fingerprint density at radius 2 is 1.79 bits per heavy atom. The maximum Gasteiger partial charge on any atom is 0.237 e. The lowest BCUT2D eigenvalue weighted by molar-refractivity contribution is -0.115. The lowest BCUT2D eigenvalue weighted by Crippen LogP contribution is -2.22. The van der Waals surface area contributed by atoms with Crippen LogP contribution in [0.3, 0.4) is 0 Å². The molecule has 2 aromatic rings. The first-order valence-electron chi connectivity index (χ1n) is 8.05. The van der Waals surface area contributed by atoms with Crippen molar-refractivity contribution in [2.45, 2.75) is 30.4 Å². The minimum atomic E-state index is -0.212. The van der Waals surface area contributed by atoms with E-state index in [0.717, 1.165) is 28.5 Å². The fourth-order valence-electron chi connectivity index (χ4n) is 2.36. The van der Waals surface area contributed by atoms with Gasteiger partial charge in [0.25, 0.3) is 0 Å². The number of amides is 1. The van der Waals surface area contributed by atoms with Crippen LogP contribution in [0.5, 0.6) is 11.5 Å². The molecule has 1 aliphatic heterocycles. The zero-order valence-electron chi connectivity index (χ0n) is 13.9. The van der Waals surface area contributed by atoms with Gasteiger partial charge in [0, 0.05) is 17.0 Å². The highest BCUT2D eigenvalue weighted by atomic mass is 32.2. The maximum atomic E-state index is 12.4. The minimum Gasteiger partial charge on any atom is -0.490 e. The summed E-state index contributed by atoms with van der Waals surface area (Å²) >= 11 is 1.51. The summed E-state index contributed by atoms with van der Waals surface area (Å²) in [5, 5.41) is 2.73. The van der Waals surface area contributed by atoms with Crippen LogP contribution >= 0.6 is 11.8 Å². The molecule has 1 aliphatic rings. The van der Waals surface area contributed by atoms with Gasteiger partial charge < -0.3 is 14.8 Å². The van der Waals surface area contributed by atoms with Gasteiger partial charge in [-0.2, -0.15) is 0 Å². The molecular formula is C19H21NO3S. The summed E-state index contributed by atoms with van der Waals surface area (Å²) < 4.78 is 11.3. The first-order chi connectivity index (χ1) is 11.6. The summed E-state index contributed by atoms with van der Waals surface area (Å²) in [5.74, 6) is 1.51. The third-order valence-corrected chi connectivity index (χ3v) is 4.81. The second kappa shape index (κ2) is 7.62. The van der Waals surface area contributed by atoms with E-state index in [1.807, 2.05) is 56.3 Å². The number of nitrogens with one attached hydrogen (secondary N) is 1. The quantitative estimate of drug-likeness (QED) is 0.842. The van der Waals surface area contributed by atoms with Crippen LogP contribution in [0.4, 0.5) is 5.69 Å². The Morgan fingerprint density at radius 3 is 2.54 bits per heavy atom. The van der Waals surface area contributed by atoms with E-state index < -0.39 is 0 Å². The molecule has 4 nitrogen and oxygen atoms in total. The van der Waals surface area contributed by atoms with Crippen LogP contribution in [0.15, 0.2) is 47.4 Å². The number of hydrogen-bond donors (Lipinski definition) is 1. The second-order valence-corrected chi connectivity index (χ2v) is 7.19. The molecule has 0 fully saturated rings. The number of carbonyl (C=O) groups is 1. The van der Waals surface area contributed by atoms with Crippen LogP contribution in [0, 0.1) is 6.92 Å². The standard InChI is InChI=1S/C19H21NO3S/c1-13-4-6-15(7-5-13)20-19(21)14(2)24-16-8-9-17-18(12-16)23-11-3-10-22-17/h4-9,12,14H,3,10-11H2,1-2H3,(H,20,21)/t14-/m0/s1. The molecule has 0 radical (unpaired) electrons. The summed E-state index contributed by atoms with van der Waals surface area (Å²) in [4.78, 5) is 13.3. The summed E-state index contributed by atoms with van der Waals surface area (Å²) in [6.45, 7) is 5.25. The van der Waals surface area contributed by atoms with Gasteiger partial charge in [-0.1, -0.05) is 17.7 Å². The molecule has 1 heterocycles. The SMILES string of the molecule is Cc1ccc(NC(=O)[C@H](C)Sc2ccc3c(c2)OCCCO3)cc1. The first-order valence-corrected chi connectivity index (χ1v) is 8.93. The first kappa shape index (κ1) is 16.7. The molecule has 3 rings (SSSR count). The molecule has 2 aromatic carbocycles. The molecule has 0 unspecified atom stereocenters. The molecule has 5 heteroatoms. The molecule has 1 N–H and O–H groups in total. The van der Waals surface area contributed by atoms with Crippen molar-refractivity contribution >= 4 is 23.4 Å². The van der Waals surface area contributed by atoms with E-state index in [4.69, 9.17) is 9.47 Å². The Labute approximate surface area is 146 Å². The van der Waals surface area contributed by atoms with Crippen molar-refractivity contribution in [3.8, 4) is 11.5 Å². The topological polar surface area (TPSA) is 47.6 Å². The highest BCUT2D eigenvalue weighted by molar-refractivity contribution is 8.00. The second-order valence-electron chi connectivity index (χ2n) is 5.77. The molecule has 0 aromatic heterocycles. The van der Waals surface area contributed by atoms with E-state index in [-0.39, 0.29) is 11.2 Å². The number of aryl methyl sites for hydroxylation is 1. The van der Waals surface area contributed by atoms with Crippen molar-refractivity contribution in [3.63, 3.8) is 0 Å². The Morgan fingerprint density at radius 1 is 1.08 bits per heavy atom. The zero-order chi connectivity index (χ0) is 16.9. The number of ether oxygens (including phenoxy) is 2. The Hall–Kier alpha value is -2.14. The van der Waals surface area contributed by atoms with E-state index in [1.165, 1.54) is 17.3 Å². The largest absolute Gasteiger partial charge is 0.490 e. The average molecular weight is 343 g/mol. The molecule has 0 bridgehead atoms. The number of rotatable bonds is 4. The van der Waals surface area contributed by atoms with E-state index >= 15 is 0 Å². The number of anilines is 1. The van der Waals surface area contributed by atoms with Crippen molar-refractivity contribution in [1.82, 2.24) is 0 Å². The molecule has 24 heavy (non-hydrogen) atoms. The predicted octanol–water partition coefficient (Wildman–Crippen LogP) is 4.28. The number of thioether (sulfide) groups is 1. The molecular weight excluding hydrogens is 322 g/mol. The molecule has 0 aliphatic carbocycles. The van der Waals surface area contributed by atoms with Gasteiger partial charge in [-0.25, -0.2) is 0 Å². The summed E-state index contributed by atoms with van der Waals surface area (Å²) in [5.41, 5.74) is 1.99. The van der Waals surface area contributed by atoms with Crippen LogP contribution in [0.1, 0.15) is 18.9 Å². The van der Waals surface area contributed by atoms with E-state index in [0.29, 0.717) is 13.2 Å². The summed E-state index contributed by atoms with van der Waals surface area (Å²) in [6.07, 6.45) is 0.881. The fourth-order valence-corrected chi connectivity index (χ4v) is 3.25. The van der Waals surface area contributed by atoms with Gasteiger partial charge in [0.05, 0.1) is 18.5 Å². The van der Waals surface area contributed by atoms with Crippen molar-refractivity contribution < 1.29 is 14.3 Å². The maximum absolute atomic E-state index is 12.4. The van der Waals surface area contributed by atoms with Crippen molar-refractivity contribution in [1.29, 1.82) is 0 Å². The minimum absolute atomic E-state index is 0.0176. The number of hydrogen-bond acceptors (Lipinski definition) is 4. The molecule has 0 spiro atoms. The fraction of sp³-hybridized carbons (Fsp3) is 0.316. The van der Waals surface area contributed by atoms with Gasteiger partial charge in [0.15, 0.2) is 11.5 Å². The van der Waals surface area contributed by atoms with Crippen LogP contribution < -0.4 is 14.8 Å². The van der Waals surface area contributed by atoms with Gasteiger partial charge in [0.2, 0.25) is 5.91 Å². The Kier molecular flexibility index (Phi) is 5.30. The van der Waals surface area contributed by atoms with Crippen molar-refractivity contribution in [2.24, 2.45) is 0 Å². The highest BCUT2D eigenvalue weighted by Gasteiger charge is 2.17. The van der Waals surface area contributed by atoms with Crippen LogP contribution in [0.2, 0.25) is 0 Å². The van der Waals surface area contributed by atoms with Gasteiger partial charge >= 0.3 is 0 Å². The monoisotopic (exact) mass is 343 g/mol. The van der Waals surface area contributed by atoms with Crippen molar-refractivity contribution in [2.75, 3.05) is 18.5 Å². The summed E-state index contributed by atoms with van der Waals surface area (Å²) in [7, 11) is 0. The third kappa shape index (κ3) is 4.23. The van der Waals surface area contributed by atoms with Crippen LogP contribution in [0.25, 0.3) is 0 Å². The smallest absolute Gasteiger partial charge is 0.237 e. The van der Waals surface area contributed by atoms with Crippen LogP contribution in [-0.4, -0.2) is 24.4 Å². The molecule has 0 saturated heterocycles. The number of benzene rings is 2.